The molecule has 1 aliphatic rings. The number of ether oxygens (including phenoxy) is 2. The molecule has 0 radical (unpaired) electrons. The lowest BCUT2D eigenvalue weighted by atomic mass is 10.1. The Morgan fingerprint density at radius 2 is 1.62 bits per heavy atom. The number of allylic oxidation sites excluding steroid dienone is 2. The number of epoxide rings is 1. The third kappa shape index (κ3) is 14.7. The molecule has 1 atom stereocenters. The summed E-state index contributed by atoms with van der Waals surface area (Å²) in [5, 5.41) is 0. The van der Waals surface area contributed by atoms with Crippen LogP contribution in [0.25, 0.3) is 0 Å². The molecule has 140 valence electrons. The summed E-state index contributed by atoms with van der Waals surface area (Å²) in [6.45, 7) is -2.99. The first-order valence-electron chi connectivity index (χ1n) is 12.2. The van der Waals surface area contributed by atoms with E-state index in [0.29, 0.717) is 6.42 Å². The molecule has 0 spiro atoms. The molecule has 24 heavy (non-hydrogen) atoms. The number of hydrogen-bond donors (Lipinski definition) is 0. The molecule has 3 nitrogen and oxygen atoms in total. The van der Waals surface area contributed by atoms with Crippen molar-refractivity contribution in [1.29, 1.82) is 0 Å². The van der Waals surface area contributed by atoms with Crippen molar-refractivity contribution in [2.24, 2.45) is 0 Å². The first-order valence-corrected chi connectivity index (χ1v) is 9.73. The third-order valence-electron chi connectivity index (χ3n) is 4.10. The Kier molecular flexibility index (Phi) is 9.38. The summed E-state index contributed by atoms with van der Waals surface area (Å²) in [4.78, 5) is 11.7. The Balaban J connectivity index is 1.94. The molecule has 0 aromatic heterocycles. The number of rotatable bonds is 17. The predicted molar refractivity (Wildman–Crippen MR) is 100 cm³/mol. The maximum absolute atomic E-state index is 11.7. The van der Waals surface area contributed by atoms with Crippen LogP contribution in [0.4, 0.5) is 0 Å². The zero-order valence-corrected chi connectivity index (χ0v) is 15.3. The van der Waals surface area contributed by atoms with Gasteiger partial charge in [-0.05, 0) is 32.1 Å². The quantitative estimate of drug-likeness (QED) is 0.141. The molecule has 1 aliphatic heterocycles. The molecule has 1 rings (SSSR count). The van der Waals surface area contributed by atoms with Crippen LogP contribution in [0.15, 0.2) is 12.2 Å². The maximum Gasteiger partial charge on any atom is 0.305 e. The first-order chi connectivity index (χ1) is 13.7. The van der Waals surface area contributed by atoms with E-state index in [1.165, 1.54) is 44.9 Å². The van der Waals surface area contributed by atoms with Crippen LogP contribution < -0.4 is 0 Å². The van der Waals surface area contributed by atoms with Crippen molar-refractivity contribution in [1.82, 2.24) is 0 Å². The van der Waals surface area contributed by atoms with E-state index >= 15 is 0 Å². The Bertz CT molecular complexity index is 511. The van der Waals surface area contributed by atoms with Crippen LogP contribution >= 0.6 is 0 Å². The fraction of sp³-hybridized carbons (Fsp3) is 0.857. The number of unbranched alkanes of at least 4 members (excludes halogenated alkanes) is 11. The van der Waals surface area contributed by atoms with Crippen LogP contribution in [0.1, 0.15) is 104 Å². The van der Waals surface area contributed by atoms with Gasteiger partial charge in [0.05, 0.1) is 13.4 Å². The van der Waals surface area contributed by atoms with Crippen LogP contribution in [0.2, 0.25) is 0 Å². The van der Waals surface area contributed by atoms with Gasteiger partial charge in [-0.3, -0.25) is 4.79 Å². The molecule has 1 fully saturated rings. The zero-order valence-electron chi connectivity index (χ0n) is 20.3. The predicted octanol–water partition coefficient (Wildman–Crippen LogP) is 5.97. The second-order valence-corrected chi connectivity index (χ2v) is 6.44. The molecule has 1 heterocycles. The van der Waals surface area contributed by atoms with Crippen LogP contribution in [-0.2, 0) is 14.3 Å². The maximum atomic E-state index is 11.7. The van der Waals surface area contributed by atoms with Crippen molar-refractivity contribution in [3.63, 3.8) is 0 Å². The van der Waals surface area contributed by atoms with Crippen LogP contribution in [0.3, 0.4) is 0 Å². The fourth-order valence-corrected chi connectivity index (χ4v) is 2.56. The first kappa shape index (κ1) is 14.4. The molecule has 1 saturated heterocycles. The van der Waals surface area contributed by atoms with E-state index in [1.807, 2.05) is 0 Å². The molecular weight excluding hydrogens is 300 g/mol. The molecule has 0 saturated carbocycles. The number of carbonyl (C=O) groups excluding carboxylic acids is 1. The van der Waals surface area contributed by atoms with E-state index in [0.717, 1.165) is 32.1 Å². The van der Waals surface area contributed by atoms with Gasteiger partial charge in [0.15, 0.2) is 0 Å². The highest BCUT2D eigenvalue weighted by Crippen LogP contribution is 2.12. The largest absolute Gasteiger partial charge is 0.463 e. The second-order valence-electron chi connectivity index (χ2n) is 6.44. The summed E-state index contributed by atoms with van der Waals surface area (Å²) in [7, 11) is 0. The molecule has 0 aromatic carbocycles. The van der Waals surface area contributed by atoms with Crippen molar-refractivity contribution in [3.8, 4) is 0 Å². The minimum absolute atomic E-state index is 0.0662. The van der Waals surface area contributed by atoms with E-state index in [9.17, 15) is 4.79 Å². The third-order valence-corrected chi connectivity index (χ3v) is 4.10. The van der Waals surface area contributed by atoms with E-state index < -0.39 is 25.2 Å². The van der Waals surface area contributed by atoms with E-state index in [-0.39, 0.29) is 6.42 Å². The minimum atomic E-state index is -2.80. The average molecular weight is 344 g/mol. The molecule has 0 bridgehead atoms. The Morgan fingerprint density at radius 1 is 1.08 bits per heavy atom. The summed E-state index contributed by atoms with van der Waals surface area (Å²) in [5.74, 6) is -0.759. The lowest BCUT2D eigenvalue weighted by molar-refractivity contribution is -0.144. The monoisotopic (exact) mass is 343 g/mol. The van der Waals surface area contributed by atoms with Gasteiger partial charge in [-0.2, -0.15) is 0 Å². The topological polar surface area (TPSA) is 38.8 Å². The van der Waals surface area contributed by atoms with Crippen molar-refractivity contribution in [3.05, 3.63) is 12.2 Å². The fourth-order valence-electron chi connectivity index (χ4n) is 2.56. The number of esters is 1. The normalized spacial score (nSPS) is 25.5. The van der Waals surface area contributed by atoms with Crippen LogP contribution in [-0.4, -0.2) is 25.2 Å². The van der Waals surface area contributed by atoms with Gasteiger partial charge >= 0.3 is 5.97 Å². The molecule has 3 heteroatoms. The Labute approximate surface area is 156 Å². The van der Waals surface area contributed by atoms with Gasteiger partial charge in [0.2, 0.25) is 0 Å². The van der Waals surface area contributed by atoms with Gasteiger partial charge in [-0.25, -0.2) is 0 Å². The van der Waals surface area contributed by atoms with Gasteiger partial charge in [0.1, 0.15) is 12.6 Å². The van der Waals surface area contributed by atoms with Gasteiger partial charge in [0, 0.05) is 6.42 Å². The second kappa shape index (κ2) is 15.7. The standard InChI is InChI=1S/C21H38O3/c1-2-3-4-5-6-7-8-9-10-11-12-13-14-15-16-17-21(22)24-19-20-18-23-20/h9-10,20H,2-8,11-19H2,1H3/b10-9+/i18D2,19D2,20D. The van der Waals surface area contributed by atoms with Crippen molar-refractivity contribution in [2.45, 2.75) is 103 Å². The van der Waals surface area contributed by atoms with Gasteiger partial charge in [0.25, 0.3) is 0 Å². The summed E-state index contributed by atoms with van der Waals surface area (Å²) < 4.78 is 46.3. The smallest absolute Gasteiger partial charge is 0.305 e. The van der Waals surface area contributed by atoms with E-state index in [2.05, 4.69) is 28.5 Å². The van der Waals surface area contributed by atoms with E-state index in [4.69, 9.17) is 6.85 Å². The molecule has 0 N–H and O–H groups in total. The van der Waals surface area contributed by atoms with Crippen LogP contribution in [0, 0.1) is 0 Å². The van der Waals surface area contributed by atoms with Crippen molar-refractivity contribution >= 4 is 5.97 Å². The average Bonchev–Trinajstić information content (AvgIpc) is 3.18. The molecular formula is C21H38O3. The minimum Gasteiger partial charge on any atom is -0.463 e. The van der Waals surface area contributed by atoms with Crippen LogP contribution in [0.5, 0.6) is 0 Å². The highest BCUT2D eigenvalue weighted by molar-refractivity contribution is 5.69. The molecule has 0 aromatic rings. The Morgan fingerprint density at radius 3 is 2.21 bits per heavy atom. The lowest BCUT2D eigenvalue weighted by Gasteiger charge is -2.02. The number of hydrogen-bond acceptors (Lipinski definition) is 3. The highest BCUT2D eigenvalue weighted by Gasteiger charge is 2.23. The summed E-state index contributed by atoms with van der Waals surface area (Å²) >= 11 is 0. The van der Waals surface area contributed by atoms with E-state index in [1.54, 1.807) is 0 Å². The molecule has 0 aliphatic carbocycles. The van der Waals surface area contributed by atoms with Gasteiger partial charge in [-0.15, -0.1) is 0 Å². The van der Waals surface area contributed by atoms with Gasteiger partial charge in [-0.1, -0.05) is 70.4 Å². The summed E-state index contributed by atoms with van der Waals surface area (Å²) in [6, 6.07) is 0. The zero-order chi connectivity index (χ0) is 21.8. The SMILES string of the molecule is [2H]C([2H])(OC(=O)CCCCCCC/C=C/CCCCCCCC)C1([2H])OC1([2H])[2H]. The number of carbonyl (C=O) groups is 1. The lowest BCUT2D eigenvalue weighted by Crippen LogP contribution is -2.09. The highest BCUT2D eigenvalue weighted by atomic mass is 16.6. The molecule has 1 unspecified atom stereocenters. The van der Waals surface area contributed by atoms with Gasteiger partial charge < -0.3 is 9.47 Å². The molecule has 0 amide bonds. The summed E-state index contributed by atoms with van der Waals surface area (Å²) in [6.07, 6.45) is 17.1. The Hall–Kier alpha value is -0.830. The van der Waals surface area contributed by atoms with Crippen molar-refractivity contribution in [2.75, 3.05) is 13.1 Å². The summed E-state index contributed by atoms with van der Waals surface area (Å²) in [5.41, 5.74) is 0. The van der Waals surface area contributed by atoms with Crippen molar-refractivity contribution < 1.29 is 21.1 Å².